The molecule has 1 N–H and O–H groups in total. The Morgan fingerprint density at radius 1 is 0.903 bits per heavy atom. The maximum absolute atomic E-state index is 13.2. The third-order valence-corrected chi connectivity index (χ3v) is 7.37. The molecular formula is C24H25ClN2O3S. The summed E-state index contributed by atoms with van der Waals surface area (Å²) in [5.41, 5.74) is 4.22. The van der Waals surface area contributed by atoms with Crippen molar-refractivity contribution in [3.63, 3.8) is 0 Å². The molecule has 0 heterocycles. The number of aryl methyl sites for hydroxylation is 2. The first-order chi connectivity index (χ1) is 14.6. The lowest BCUT2D eigenvalue weighted by Crippen LogP contribution is -2.30. The van der Waals surface area contributed by atoms with Crippen molar-refractivity contribution < 1.29 is 13.2 Å². The fraction of sp³-hybridized carbons (Fsp3) is 0.208. The largest absolute Gasteiger partial charge is 0.341 e. The summed E-state index contributed by atoms with van der Waals surface area (Å²) in [6.45, 7) is 4.06. The molecule has 5 nitrogen and oxygen atoms in total. The van der Waals surface area contributed by atoms with E-state index in [9.17, 15) is 13.2 Å². The fourth-order valence-corrected chi connectivity index (χ4v) is 4.34. The van der Waals surface area contributed by atoms with Crippen LogP contribution < -0.4 is 5.32 Å². The molecule has 31 heavy (non-hydrogen) atoms. The van der Waals surface area contributed by atoms with Crippen LogP contribution >= 0.6 is 11.6 Å². The Morgan fingerprint density at radius 2 is 1.58 bits per heavy atom. The van der Waals surface area contributed by atoms with Gasteiger partial charge in [-0.15, -0.1) is 0 Å². The van der Waals surface area contributed by atoms with Crippen molar-refractivity contribution in [3.05, 3.63) is 99.6 Å². The molecule has 1 unspecified atom stereocenters. The van der Waals surface area contributed by atoms with E-state index in [0.717, 1.165) is 26.6 Å². The normalized spacial score (nSPS) is 12.6. The molecule has 0 spiro atoms. The van der Waals surface area contributed by atoms with Crippen LogP contribution in [0.5, 0.6) is 0 Å². The molecular weight excluding hydrogens is 432 g/mol. The summed E-state index contributed by atoms with van der Waals surface area (Å²) >= 11 is 6.27. The third-order valence-electron chi connectivity index (χ3n) is 5.23. The number of hydrogen-bond donors (Lipinski definition) is 1. The van der Waals surface area contributed by atoms with Gasteiger partial charge in [0.2, 0.25) is 10.0 Å². The molecule has 0 fully saturated rings. The number of halogens is 1. The first-order valence-electron chi connectivity index (χ1n) is 9.76. The topological polar surface area (TPSA) is 66.5 Å². The lowest BCUT2D eigenvalue weighted by molar-refractivity contribution is 0.0943. The van der Waals surface area contributed by atoms with Gasteiger partial charge in [0.15, 0.2) is 0 Å². The fourth-order valence-electron chi connectivity index (χ4n) is 3.21. The van der Waals surface area contributed by atoms with Crippen LogP contribution in [0.25, 0.3) is 0 Å². The number of rotatable bonds is 6. The maximum atomic E-state index is 13.2. The van der Waals surface area contributed by atoms with Crippen LogP contribution in [0.1, 0.15) is 38.7 Å². The Bertz CT molecular complexity index is 1210. The average Bonchev–Trinajstić information content (AvgIpc) is 2.74. The van der Waals surface area contributed by atoms with E-state index < -0.39 is 22.0 Å². The number of nitrogens with zero attached hydrogens (tertiary/aromatic N) is 1. The van der Waals surface area contributed by atoms with Crippen LogP contribution in [0.4, 0.5) is 0 Å². The molecule has 0 saturated carbocycles. The zero-order valence-corrected chi connectivity index (χ0v) is 19.5. The van der Waals surface area contributed by atoms with E-state index in [-0.39, 0.29) is 15.5 Å². The summed E-state index contributed by atoms with van der Waals surface area (Å²) < 4.78 is 26.1. The predicted octanol–water partition coefficient (Wildman–Crippen LogP) is 4.73. The summed E-state index contributed by atoms with van der Waals surface area (Å²) in [4.78, 5) is 13.2. The van der Waals surface area contributed by atoms with Crippen molar-refractivity contribution in [2.24, 2.45) is 0 Å². The molecule has 0 aliphatic heterocycles. The van der Waals surface area contributed by atoms with Crippen LogP contribution in [0.2, 0.25) is 5.02 Å². The minimum Gasteiger partial charge on any atom is -0.341 e. The van der Waals surface area contributed by atoms with Crippen LogP contribution in [-0.2, 0) is 10.0 Å². The van der Waals surface area contributed by atoms with Crippen molar-refractivity contribution >= 4 is 27.5 Å². The molecule has 0 bridgehead atoms. The molecule has 162 valence electrons. The number of amides is 1. The van der Waals surface area contributed by atoms with Crippen LogP contribution in [0.15, 0.2) is 71.6 Å². The van der Waals surface area contributed by atoms with Gasteiger partial charge in [-0.25, -0.2) is 12.7 Å². The Balaban J connectivity index is 2.03. The predicted molar refractivity (Wildman–Crippen MR) is 124 cm³/mol. The smallest absolute Gasteiger partial charge is 0.253 e. The van der Waals surface area contributed by atoms with Crippen LogP contribution in [0, 0.1) is 13.8 Å². The average molecular weight is 457 g/mol. The zero-order valence-electron chi connectivity index (χ0n) is 17.9. The maximum Gasteiger partial charge on any atom is 0.253 e. The first kappa shape index (κ1) is 23.0. The van der Waals surface area contributed by atoms with Crippen molar-refractivity contribution in [2.45, 2.75) is 24.8 Å². The molecule has 7 heteroatoms. The quantitative estimate of drug-likeness (QED) is 0.583. The highest BCUT2D eigenvalue weighted by Crippen LogP contribution is 2.27. The van der Waals surface area contributed by atoms with Gasteiger partial charge >= 0.3 is 0 Å². The van der Waals surface area contributed by atoms with Gasteiger partial charge in [0.1, 0.15) is 0 Å². The molecule has 0 radical (unpaired) electrons. The summed E-state index contributed by atoms with van der Waals surface area (Å²) in [5, 5.41) is 3.21. The van der Waals surface area contributed by atoms with Gasteiger partial charge in [-0.05, 0) is 54.3 Å². The monoisotopic (exact) mass is 456 g/mol. The van der Waals surface area contributed by atoms with E-state index in [0.29, 0.717) is 0 Å². The third kappa shape index (κ3) is 4.98. The molecule has 0 aliphatic carbocycles. The summed E-state index contributed by atoms with van der Waals surface area (Å²) in [6.07, 6.45) is 0. The molecule has 3 aromatic rings. The summed E-state index contributed by atoms with van der Waals surface area (Å²) in [6, 6.07) is 19.4. The highest BCUT2D eigenvalue weighted by molar-refractivity contribution is 7.89. The van der Waals surface area contributed by atoms with Gasteiger partial charge in [-0.3, -0.25) is 4.79 Å². The number of carbonyl (C=O) groups excluding carboxylic acids is 1. The highest BCUT2D eigenvalue weighted by Gasteiger charge is 2.23. The molecule has 0 aliphatic rings. The number of nitrogens with one attached hydrogen (secondary N) is 1. The number of hydrogen-bond acceptors (Lipinski definition) is 3. The second-order valence-electron chi connectivity index (χ2n) is 7.59. The zero-order chi connectivity index (χ0) is 22.8. The Morgan fingerprint density at radius 3 is 2.19 bits per heavy atom. The molecule has 0 saturated heterocycles. The number of benzene rings is 3. The standard InChI is InChI=1S/C24H25ClN2O3S/c1-16-10-11-19(14-17(16)2)23(18-8-6-5-7-9-18)26-24(28)21-15-20(12-13-22(21)25)31(29,30)27(3)4/h5-15,23H,1-4H3,(H,26,28). The van der Waals surface area contributed by atoms with E-state index in [1.54, 1.807) is 0 Å². The van der Waals surface area contributed by atoms with Crippen molar-refractivity contribution in [3.8, 4) is 0 Å². The van der Waals surface area contributed by atoms with Crippen LogP contribution in [-0.4, -0.2) is 32.7 Å². The van der Waals surface area contributed by atoms with E-state index in [1.165, 1.54) is 32.3 Å². The van der Waals surface area contributed by atoms with Crippen molar-refractivity contribution in [1.82, 2.24) is 9.62 Å². The van der Waals surface area contributed by atoms with Gasteiger partial charge in [0.05, 0.1) is 21.5 Å². The number of sulfonamides is 1. The van der Waals surface area contributed by atoms with Crippen molar-refractivity contribution in [2.75, 3.05) is 14.1 Å². The van der Waals surface area contributed by atoms with Gasteiger partial charge < -0.3 is 5.32 Å². The Kier molecular flexibility index (Phi) is 6.84. The van der Waals surface area contributed by atoms with E-state index in [4.69, 9.17) is 11.6 Å². The van der Waals surface area contributed by atoms with Crippen LogP contribution in [0.3, 0.4) is 0 Å². The molecule has 1 amide bonds. The summed E-state index contributed by atoms with van der Waals surface area (Å²) in [5.74, 6) is -0.451. The van der Waals surface area contributed by atoms with E-state index in [1.807, 2.05) is 62.4 Å². The minimum absolute atomic E-state index is 0.00879. The lowest BCUT2D eigenvalue weighted by Gasteiger charge is -2.21. The molecule has 0 aromatic heterocycles. The van der Waals surface area contributed by atoms with E-state index >= 15 is 0 Å². The molecule has 3 rings (SSSR count). The SMILES string of the molecule is Cc1ccc(C(NC(=O)c2cc(S(=O)(=O)N(C)C)ccc2Cl)c2ccccc2)cc1C. The Labute approximate surface area is 188 Å². The van der Waals surface area contributed by atoms with Gasteiger partial charge in [-0.1, -0.05) is 60.1 Å². The molecule has 3 aromatic carbocycles. The summed E-state index contributed by atoms with van der Waals surface area (Å²) in [7, 11) is -0.820. The van der Waals surface area contributed by atoms with E-state index in [2.05, 4.69) is 5.32 Å². The lowest BCUT2D eigenvalue weighted by atomic mass is 9.95. The minimum atomic E-state index is -3.70. The second-order valence-corrected chi connectivity index (χ2v) is 10.1. The Hall–Kier alpha value is -2.67. The first-order valence-corrected chi connectivity index (χ1v) is 11.6. The van der Waals surface area contributed by atoms with Gasteiger partial charge in [0.25, 0.3) is 5.91 Å². The van der Waals surface area contributed by atoms with Gasteiger partial charge in [0, 0.05) is 14.1 Å². The highest BCUT2D eigenvalue weighted by atomic mass is 35.5. The van der Waals surface area contributed by atoms with Crippen molar-refractivity contribution in [1.29, 1.82) is 0 Å². The number of carbonyl (C=O) groups is 1. The molecule has 1 atom stereocenters. The second kappa shape index (κ2) is 9.22. The van der Waals surface area contributed by atoms with Gasteiger partial charge in [-0.2, -0.15) is 0 Å².